The topological polar surface area (TPSA) is 64.2 Å². The molecule has 1 unspecified atom stereocenters. The number of hydrogen-bond donors (Lipinski definition) is 2. The Labute approximate surface area is 131 Å². The van der Waals surface area contributed by atoms with E-state index in [9.17, 15) is 4.79 Å². The lowest BCUT2D eigenvalue weighted by atomic mass is 10.1. The number of benzene rings is 1. The van der Waals surface area contributed by atoms with Gasteiger partial charge in [-0.25, -0.2) is 0 Å². The molecule has 0 aliphatic carbocycles. The normalized spacial score (nSPS) is 13.5. The van der Waals surface area contributed by atoms with Crippen molar-refractivity contribution < 1.29 is 32.0 Å². The summed E-state index contributed by atoms with van der Waals surface area (Å²) >= 11 is 0. The summed E-state index contributed by atoms with van der Waals surface area (Å²) in [5, 5.41) is 4.96. The summed E-state index contributed by atoms with van der Waals surface area (Å²) in [6.07, 6.45) is 3.05. The van der Waals surface area contributed by atoms with E-state index in [-0.39, 0.29) is 31.1 Å². The molecule has 6 heteroatoms. The fraction of sp³-hybridized carbons (Fsp3) is 0.533. The maximum atomic E-state index is 12.3. The Bertz CT molecular complexity index is 494. The van der Waals surface area contributed by atoms with Crippen molar-refractivity contribution in [2.24, 2.45) is 0 Å². The molecule has 3 N–H and O–H groups in total. The number of rotatable bonds is 6. The van der Waals surface area contributed by atoms with E-state index in [1.807, 2.05) is 31.4 Å². The van der Waals surface area contributed by atoms with Crippen molar-refractivity contribution >= 4 is 11.6 Å². The fourth-order valence-electron chi connectivity index (χ4n) is 2.28. The highest BCUT2D eigenvalue weighted by Crippen LogP contribution is 2.36. The van der Waals surface area contributed by atoms with Gasteiger partial charge in [0.25, 0.3) is 5.91 Å². The van der Waals surface area contributed by atoms with E-state index in [0.29, 0.717) is 5.75 Å². The molecule has 0 radical (unpaired) electrons. The second kappa shape index (κ2) is 8.10. The van der Waals surface area contributed by atoms with Gasteiger partial charge in [0.2, 0.25) is 6.79 Å². The highest BCUT2D eigenvalue weighted by molar-refractivity contribution is 5.94. The van der Waals surface area contributed by atoms with Gasteiger partial charge in [0.05, 0.1) is 7.05 Å². The number of ether oxygens (including phenoxy) is 2. The van der Waals surface area contributed by atoms with E-state index in [1.165, 1.54) is 0 Å². The Balaban J connectivity index is 0.00000220. The number of amides is 1. The largest absolute Gasteiger partial charge is 1.00 e. The van der Waals surface area contributed by atoms with Crippen LogP contribution < -0.4 is 32.5 Å². The van der Waals surface area contributed by atoms with Crippen LogP contribution in [0.4, 0.5) is 5.69 Å². The molecule has 1 atom stereocenters. The summed E-state index contributed by atoms with van der Waals surface area (Å²) in [5.41, 5.74) is 1.77. The number of halogens is 1. The molecular weight excluding hydrogens is 292 g/mol. The van der Waals surface area contributed by atoms with Crippen LogP contribution in [-0.4, -0.2) is 25.8 Å². The summed E-state index contributed by atoms with van der Waals surface area (Å²) in [6.45, 7) is 4.33. The van der Waals surface area contributed by atoms with Crippen LogP contribution in [-0.2, 0) is 4.79 Å². The minimum absolute atomic E-state index is 0. The zero-order valence-electron chi connectivity index (χ0n) is 12.7. The minimum atomic E-state index is -0.0419. The van der Waals surface area contributed by atoms with Crippen LogP contribution in [0.5, 0.6) is 11.5 Å². The van der Waals surface area contributed by atoms with Gasteiger partial charge in [0, 0.05) is 18.2 Å². The van der Waals surface area contributed by atoms with E-state index in [4.69, 9.17) is 9.47 Å². The average molecular weight is 315 g/mol. The van der Waals surface area contributed by atoms with Gasteiger partial charge in [-0.3, -0.25) is 4.79 Å². The molecule has 21 heavy (non-hydrogen) atoms. The van der Waals surface area contributed by atoms with Gasteiger partial charge < -0.3 is 32.5 Å². The zero-order chi connectivity index (χ0) is 14.5. The SMILES string of the molecule is CCCCC([NH2+]C)C(=O)Nc1cc2c(cc1C)OCO2.[Cl-]. The van der Waals surface area contributed by atoms with Gasteiger partial charge in [-0.05, 0) is 25.0 Å². The van der Waals surface area contributed by atoms with Gasteiger partial charge in [-0.1, -0.05) is 13.3 Å². The van der Waals surface area contributed by atoms with E-state index in [0.717, 1.165) is 36.3 Å². The molecule has 5 nitrogen and oxygen atoms in total. The average Bonchev–Trinajstić information content (AvgIpc) is 2.87. The summed E-state index contributed by atoms with van der Waals surface area (Å²) < 4.78 is 10.7. The lowest BCUT2D eigenvalue weighted by Gasteiger charge is -2.14. The molecule has 0 saturated heterocycles. The van der Waals surface area contributed by atoms with Crippen molar-refractivity contribution in [3.05, 3.63) is 17.7 Å². The number of anilines is 1. The molecule has 1 aliphatic heterocycles. The van der Waals surface area contributed by atoms with Crippen LogP contribution in [0.2, 0.25) is 0 Å². The fourth-order valence-corrected chi connectivity index (χ4v) is 2.28. The maximum Gasteiger partial charge on any atom is 0.282 e. The second-order valence-electron chi connectivity index (χ2n) is 5.09. The van der Waals surface area contributed by atoms with Crippen LogP contribution >= 0.6 is 0 Å². The molecule has 1 heterocycles. The summed E-state index contributed by atoms with van der Waals surface area (Å²) in [7, 11) is 1.94. The zero-order valence-corrected chi connectivity index (χ0v) is 13.5. The quantitative estimate of drug-likeness (QED) is 0.666. The Morgan fingerprint density at radius 3 is 2.67 bits per heavy atom. The second-order valence-corrected chi connectivity index (χ2v) is 5.09. The Morgan fingerprint density at radius 2 is 2.05 bits per heavy atom. The molecule has 0 saturated carbocycles. The first kappa shape index (κ1) is 17.6. The van der Waals surface area contributed by atoms with Crippen LogP contribution in [0.1, 0.15) is 31.7 Å². The van der Waals surface area contributed by atoms with Crippen LogP contribution in [0.15, 0.2) is 12.1 Å². The smallest absolute Gasteiger partial charge is 0.282 e. The number of aryl methyl sites for hydroxylation is 1. The molecule has 0 spiro atoms. The predicted octanol–water partition coefficient (Wildman–Crippen LogP) is -1.58. The van der Waals surface area contributed by atoms with Crippen molar-refractivity contribution in [2.45, 2.75) is 39.2 Å². The molecule has 1 aromatic carbocycles. The number of nitrogens with one attached hydrogen (secondary N) is 1. The number of carbonyl (C=O) groups is 1. The number of hydrogen-bond acceptors (Lipinski definition) is 3. The molecular formula is C15H23ClN2O3. The van der Waals surface area contributed by atoms with E-state index < -0.39 is 0 Å². The van der Waals surface area contributed by atoms with Gasteiger partial charge in [-0.2, -0.15) is 0 Å². The van der Waals surface area contributed by atoms with Crippen LogP contribution in [0, 0.1) is 6.92 Å². The highest BCUT2D eigenvalue weighted by atomic mass is 35.5. The van der Waals surface area contributed by atoms with Crippen LogP contribution in [0.3, 0.4) is 0 Å². The summed E-state index contributed by atoms with van der Waals surface area (Å²) in [4.78, 5) is 12.3. The van der Waals surface area contributed by atoms with E-state index in [1.54, 1.807) is 0 Å². The van der Waals surface area contributed by atoms with E-state index in [2.05, 4.69) is 12.2 Å². The molecule has 1 amide bonds. The van der Waals surface area contributed by atoms with Gasteiger partial charge in [0.1, 0.15) is 0 Å². The first-order chi connectivity index (χ1) is 9.65. The summed E-state index contributed by atoms with van der Waals surface area (Å²) in [6, 6.07) is 3.69. The van der Waals surface area contributed by atoms with Crippen molar-refractivity contribution in [2.75, 3.05) is 19.2 Å². The first-order valence-corrected chi connectivity index (χ1v) is 7.16. The van der Waals surface area contributed by atoms with Gasteiger partial charge in [0.15, 0.2) is 17.5 Å². The van der Waals surface area contributed by atoms with Gasteiger partial charge in [-0.15, -0.1) is 0 Å². The molecule has 118 valence electrons. The molecule has 0 fully saturated rings. The third kappa shape index (κ3) is 4.25. The Morgan fingerprint density at radius 1 is 1.38 bits per heavy atom. The third-order valence-corrected chi connectivity index (χ3v) is 3.59. The Kier molecular flexibility index (Phi) is 6.78. The maximum absolute atomic E-state index is 12.3. The number of likely N-dealkylation sites (N-methyl/N-ethyl adjacent to an activating group) is 1. The first-order valence-electron chi connectivity index (χ1n) is 7.16. The van der Waals surface area contributed by atoms with Crippen molar-refractivity contribution in [1.29, 1.82) is 0 Å². The molecule has 0 aromatic heterocycles. The monoisotopic (exact) mass is 314 g/mol. The molecule has 1 aliphatic rings. The van der Waals surface area contributed by atoms with E-state index >= 15 is 0 Å². The number of quaternary nitrogens is 1. The summed E-state index contributed by atoms with van der Waals surface area (Å²) in [5.74, 6) is 1.48. The van der Waals surface area contributed by atoms with Crippen molar-refractivity contribution in [1.82, 2.24) is 0 Å². The number of fused-ring (bicyclic) bond motifs is 1. The van der Waals surface area contributed by atoms with Crippen molar-refractivity contribution in [3.8, 4) is 11.5 Å². The molecule has 0 bridgehead atoms. The number of unbranched alkanes of at least 4 members (excludes halogenated alkanes) is 1. The number of carbonyl (C=O) groups excluding carboxylic acids is 1. The molecule has 2 rings (SSSR count). The molecule has 1 aromatic rings. The van der Waals surface area contributed by atoms with Gasteiger partial charge >= 0.3 is 0 Å². The minimum Gasteiger partial charge on any atom is -1.00 e. The third-order valence-electron chi connectivity index (χ3n) is 3.59. The van der Waals surface area contributed by atoms with Crippen LogP contribution in [0.25, 0.3) is 0 Å². The predicted molar refractivity (Wildman–Crippen MR) is 77.1 cm³/mol. The number of nitrogens with two attached hydrogens (primary N) is 1. The Hall–Kier alpha value is -1.46. The highest BCUT2D eigenvalue weighted by Gasteiger charge is 2.22. The standard InChI is InChI=1S/C15H22N2O3.ClH/c1-4-5-6-11(16-3)15(18)17-12-8-14-13(7-10(12)2)19-9-20-14;/h7-8,11,16H,4-6,9H2,1-3H3,(H,17,18);1H. The van der Waals surface area contributed by atoms with Crippen molar-refractivity contribution in [3.63, 3.8) is 0 Å². The lowest BCUT2D eigenvalue weighted by Crippen LogP contribution is -3.00. The lowest BCUT2D eigenvalue weighted by molar-refractivity contribution is -0.650.